The third-order valence-corrected chi connectivity index (χ3v) is 4.01. The summed E-state index contributed by atoms with van der Waals surface area (Å²) in [7, 11) is 0. The molecule has 1 N–H and O–H groups in total. The highest BCUT2D eigenvalue weighted by molar-refractivity contribution is 5.77. The summed E-state index contributed by atoms with van der Waals surface area (Å²) < 4.78 is 0. The second kappa shape index (κ2) is 7.74. The van der Waals surface area contributed by atoms with Gasteiger partial charge in [0.25, 0.3) is 0 Å². The van der Waals surface area contributed by atoms with E-state index >= 15 is 0 Å². The van der Waals surface area contributed by atoms with E-state index in [4.69, 9.17) is 0 Å². The summed E-state index contributed by atoms with van der Waals surface area (Å²) in [6.07, 6.45) is 7.84. The van der Waals surface area contributed by atoms with Gasteiger partial charge in [0.2, 0.25) is 5.91 Å². The van der Waals surface area contributed by atoms with E-state index in [9.17, 15) is 4.79 Å². The molecule has 0 spiro atoms. The molecule has 2 aliphatic heterocycles. The average molecular weight is 253 g/mol. The summed E-state index contributed by atoms with van der Waals surface area (Å²) in [6, 6.07) is 0. The van der Waals surface area contributed by atoms with Crippen LogP contribution in [0.4, 0.5) is 0 Å². The molecular formula is C14H27N3O. The van der Waals surface area contributed by atoms with Gasteiger partial charge in [0.05, 0.1) is 6.54 Å². The maximum Gasteiger partial charge on any atom is 0.234 e. The molecule has 4 heteroatoms. The molecule has 0 aromatic heterocycles. The number of carbonyl (C=O) groups excluding carboxylic acids is 1. The molecule has 2 fully saturated rings. The van der Waals surface area contributed by atoms with E-state index in [-0.39, 0.29) is 5.91 Å². The Labute approximate surface area is 111 Å². The van der Waals surface area contributed by atoms with Crippen LogP contribution in [0.2, 0.25) is 0 Å². The van der Waals surface area contributed by atoms with Gasteiger partial charge in [0.1, 0.15) is 0 Å². The molecule has 0 bridgehead atoms. The van der Waals surface area contributed by atoms with Gasteiger partial charge in [-0.2, -0.15) is 0 Å². The predicted octanol–water partition coefficient (Wildman–Crippen LogP) is 1.07. The number of rotatable bonds is 5. The minimum atomic E-state index is 0.203. The van der Waals surface area contributed by atoms with Crippen molar-refractivity contribution < 1.29 is 4.79 Å². The van der Waals surface area contributed by atoms with Gasteiger partial charge < -0.3 is 10.2 Å². The molecule has 0 unspecified atom stereocenters. The Morgan fingerprint density at radius 1 is 0.833 bits per heavy atom. The first kappa shape index (κ1) is 13.8. The third-order valence-electron chi connectivity index (χ3n) is 4.01. The molecule has 18 heavy (non-hydrogen) atoms. The Morgan fingerprint density at radius 2 is 1.39 bits per heavy atom. The van der Waals surface area contributed by atoms with Crippen LogP contribution < -0.4 is 5.32 Å². The average Bonchev–Trinajstić information content (AvgIpc) is 2.41. The lowest BCUT2D eigenvalue weighted by Gasteiger charge is -2.27. The van der Waals surface area contributed by atoms with E-state index in [1.807, 2.05) is 0 Å². The van der Waals surface area contributed by atoms with Gasteiger partial charge in [0.15, 0.2) is 0 Å². The van der Waals surface area contributed by atoms with Gasteiger partial charge in [-0.15, -0.1) is 0 Å². The largest absolute Gasteiger partial charge is 0.354 e. The van der Waals surface area contributed by atoms with E-state index in [1.54, 1.807) is 0 Å². The van der Waals surface area contributed by atoms with Crippen LogP contribution in [-0.4, -0.2) is 61.5 Å². The Morgan fingerprint density at radius 3 is 2.00 bits per heavy atom. The van der Waals surface area contributed by atoms with Gasteiger partial charge >= 0.3 is 0 Å². The molecule has 2 aliphatic rings. The van der Waals surface area contributed by atoms with Crippen LogP contribution in [0.1, 0.15) is 38.5 Å². The van der Waals surface area contributed by atoms with Crippen molar-refractivity contribution in [1.29, 1.82) is 0 Å². The van der Waals surface area contributed by atoms with E-state index in [2.05, 4.69) is 15.1 Å². The quantitative estimate of drug-likeness (QED) is 0.796. The summed E-state index contributed by atoms with van der Waals surface area (Å²) >= 11 is 0. The molecule has 4 nitrogen and oxygen atoms in total. The molecule has 2 saturated heterocycles. The van der Waals surface area contributed by atoms with Crippen molar-refractivity contribution >= 4 is 5.91 Å². The summed E-state index contributed by atoms with van der Waals surface area (Å²) in [5.41, 5.74) is 0. The molecule has 0 atom stereocenters. The number of piperidine rings is 2. The predicted molar refractivity (Wildman–Crippen MR) is 73.6 cm³/mol. The highest BCUT2D eigenvalue weighted by atomic mass is 16.2. The molecule has 1 amide bonds. The fourth-order valence-electron chi connectivity index (χ4n) is 2.91. The van der Waals surface area contributed by atoms with E-state index in [0.717, 1.165) is 26.2 Å². The number of amides is 1. The molecule has 0 aromatic rings. The van der Waals surface area contributed by atoms with Crippen molar-refractivity contribution in [2.45, 2.75) is 38.5 Å². The van der Waals surface area contributed by atoms with Crippen LogP contribution in [0.25, 0.3) is 0 Å². The number of nitrogens with zero attached hydrogens (tertiary/aromatic N) is 2. The lowest BCUT2D eigenvalue weighted by atomic mass is 10.1. The lowest BCUT2D eigenvalue weighted by Crippen LogP contribution is -2.43. The summed E-state index contributed by atoms with van der Waals surface area (Å²) in [5, 5.41) is 3.05. The normalized spacial score (nSPS) is 22.9. The Balaban J connectivity index is 1.53. The summed E-state index contributed by atoms with van der Waals surface area (Å²) in [6.45, 7) is 7.04. The zero-order valence-electron chi connectivity index (χ0n) is 11.5. The molecule has 104 valence electrons. The van der Waals surface area contributed by atoms with E-state index in [1.165, 1.54) is 51.6 Å². The van der Waals surface area contributed by atoms with Gasteiger partial charge in [-0.3, -0.25) is 9.69 Å². The van der Waals surface area contributed by atoms with Crippen molar-refractivity contribution in [3.63, 3.8) is 0 Å². The maximum absolute atomic E-state index is 11.8. The number of likely N-dealkylation sites (tertiary alicyclic amines) is 2. The molecule has 0 radical (unpaired) electrons. The van der Waals surface area contributed by atoms with Crippen molar-refractivity contribution in [2.24, 2.45) is 0 Å². The van der Waals surface area contributed by atoms with Gasteiger partial charge in [0, 0.05) is 13.1 Å². The first-order valence-electron chi connectivity index (χ1n) is 7.56. The first-order valence-corrected chi connectivity index (χ1v) is 7.56. The zero-order chi connectivity index (χ0) is 12.6. The number of hydrogen-bond acceptors (Lipinski definition) is 3. The zero-order valence-corrected chi connectivity index (χ0v) is 11.5. The Kier molecular flexibility index (Phi) is 5.94. The van der Waals surface area contributed by atoms with Crippen LogP contribution >= 0.6 is 0 Å². The van der Waals surface area contributed by atoms with Crippen molar-refractivity contribution in [1.82, 2.24) is 15.1 Å². The summed E-state index contributed by atoms with van der Waals surface area (Å²) in [4.78, 5) is 16.5. The molecule has 2 heterocycles. The van der Waals surface area contributed by atoms with Crippen LogP contribution in [0.15, 0.2) is 0 Å². The van der Waals surface area contributed by atoms with Crippen LogP contribution in [0, 0.1) is 0 Å². The maximum atomic E-state index is 11.8. The van der Waals surface area contributed by atoms with Crippen LogP contribution in [0.3, 0.4) is 0 Å². The second-order valence-electron chi connectivity index (χ2n) is 5.59. The number of carbonyl (C=O) groups is 1. The SMILES string of the molecule is O=C(CN1CCCCC1)NCCN1CCCCC1. The highest BCUT2D eigenvalue weighted by Gasteiger charge is 2.14. The molecular weight excluding hydrogens is 226 g/mol. The van der Waals surface area contributed by atoms with E-state index < -0.39 is 0 Å². The molecule has 0 saturated carbocycles. The molecule has 2 rings (SSSR count). The Hall–Kier alpha value is -0.610. The van der Waals surface area contributed by atoms with Crippen molar-refractivity contribution in [3.05, 3.63) is 0 Å². The van der Waals surface area contributed by atoms with Gasteiger partial charge in [-0.05, 0) is 51.9 Å². The van der Waals surface area contributed by atoms with Gasteiger partial charge in [-0.25, -0.2) is 0 Å². The Bertz CT molecular complexity index is 245. The topological polar surface area (TPSA) is 35.6 Å². The first-order chi connectivity index (χ1) is 8.84. The minimum absolute atomic E-state index is 0.203. The second-order valence-corrected chi connectivity index (χ2v) is 5.59. The van der Waals surface area contributed by atoms with E-state index in [0.29, 0.717) is 6.54 Å². The fourth-order valence-corrected chi connectivity index (χ4v) is 2.91. The van der Waals surface area contributed by atoms with Crippen LogP contribution in [-0.2, 0) is 4.79 Å². The van der Waals surface area contributed by atoms with Crippen LogP contribution in [0.5, 0.6) is 0 Å². The minimum Gasteiger partial charge on any atom is -0.354 e. The third kappa shape index (κ3) is 4.94. The molecule has 0 aliphatic carbocycles. The van der Waals surface area contributed by atoms with Crippen molar-refractivity contribution in [2.75, 3.05) is 45.8 Å². The number of nitrogens with one attached hydrogen (secondary N) is 1. The fraction of sp³-hybridized carbons (Fsp3) is 0.929. The molecule has 0 aromatic carbocycles. The van der Waals surface area contributed by atoms with Crippen molar-refractivity contribution in [3.8, 4) is 0 Å². The highest BCUT2D eigenvalue weighted by Crippen LogP contribution is 2.08. The lowest BCUT2D eigenvalue weighted by molar-refractivity contribution is -0.122. The number of hydrogen-bond donors (Lipinski definition) is 1. The van der Waals surface area contributed by atoms with Gasteiger partial charge in [-0.1, -0.05) is 12.8 Å². The summed E-state index contributed by atoms with van der Waals surface area (Å²) in [5.74, 6) is 0.203. The standard InChI is InChI=1S/C14H27N3O/c18-14(13-17-10-5-2-6-11-17)15-7-12-16-8-3-1-4-9-16/h1-13H2,(H,15,18). The monoisotopic (exact) mass is 253 g/mol. The smallest absolute Gasteiger partial charge is 0.234 e.